The predicted octanol–water partition coefficient (Wildman–Crippen LogP) is 2.19. The molecule has 0 fully saturated rings. The first-order valence-corrected chi connectivity index (χ1v) is 4.77. The quantitative estimate of drug-likeness (QED) is 0.428. The number of oxime groups is 1. The summed E-state index contributed by atoms with van der Waals surface area (Å²) < 4.78 is 35.0. The maximum atomic E-state index is 11.7. The molecule has 0 aromatic rings. The molecule has 0 radical (unpaired) electrons. The highest BCUT2D eigenvalue weighted by atomic mass is 19.4. The minimum Gasteiger partial charge on any atom is -0.394 e. The summed E-state index contributed by atoms with van der Waals surface area (Å²) in [6.07, 6.45) is -4.17. The number of hydrogen-bond donors (Lipinski definition) is 1. The van der Waals surface area contributed by atoms with Crippen molar-refractivity contribution in [2.45, 2.75) is 26.9 Å². The highest BCUT2D eigenvalue weighted by Crippen LogP contribution is 2.11. The van der Waals surface area contributed by atoms with Gasteiger partial charge in [0.15, 0.2) is 0 Å². The third kappa shape index (κ3) is 9.52. The van der Waals surface area contributed by atoms with Crippen LogP contribution in [-0.4, -0.2) is 31.6 Å². The van der Waals surface area contributed by atoms with Crippen LogP contribution in [0, 0.1) is 5.92 Å². The Hall–Kier alpha value is -0.780. The van der Waals surface area contributed by atoms with Gasteiger partial charge in [0, 0.05) is 6.54 Å². The molecule has 1 N–H and O–H groups in total. The molecule has 0 saturated carbocycles. The van der Waals surface area contributed by atoms with Gasteiger partial charge in [0.25, 0.3) is 0 Å². The van der Waals surface area contributed by atoms with Crippen molar-refractivity contribution in [2.24, 2.45) is 11.1 Å². The number of rotatable bonds is 6. The molecular weight excluding hydrogens is 209 g/mol. The fourth-order valence-electron chi connectivity index (χ4n) is 0.601. The molecule has 0 heterocycles. The predicted molar refractivity (Wildman–Crippen MR) is 52.8 cm³/mol. The molecule has 0 rings (SSSR count). The molecule has 0 aliphatic carbocycles. The average Bonchev–Trinajstić information content (AvgIpc) is 2.08. The van der Waals surface area contributed by atoms with E-state index in [1.165, 1.54) is 0 Å². The van der Waals surface area contributed by atoms with E-state index in [1.807, 2.05) is 20.8 Å². The largest absolute Gasteiger partial charge is 0.401 e. The summed E-state index contributed by atoms with van der Waals surface area (Å²) in [7, 11) is 0. The van der Waals surface area contributed by atoms with E-state index in [2.05, 4.69) is 10.5 Å². The lowest BCUT2D eigenvalue weighted by atomic mass is 10.1. The van der Waals surface area contributed by atoms with E-state index >= 15 is 0 Å². The maximum Gasteiger partial charge on any atom is 0.401 e. The molecule has 0 bridgehead atoms. The molecule has 0 unspecified atom stereocenters. The van der Waals surface area contributed by atoms with Gasteiger partial charge in [-0.1, -0.05) is 19.0 Å². The van der Waals surface area contributed by atoms with Crippen LogP contribution in [0.5, 0.6) is 0 Å². The first kappa shape index (κ1) is 14.2. The summed E-state index contributed by atoms with van der Waals surface area (Å²) in [6.45, 7) is 5.01. The van der Waals surface area contributed by atoms with Crippen molar-refractivity contribution in [1.29, 1.82) is 0 Å². The molecule has 0 aliphatic heterocycles. The van der Waals surface area contributed by atoms with Gasteiger partial charge in [0.2, 0.25) is 0 Å². The van der Waals surface area contributed by atoms with E-state index in [-0.39, 0.29) is 19.1 Å². The SMILES string of the molecule is C/C(=N\OCCNCC(F)(F)F)C(C)C. The number of nitrogens with zero attached hydrogens (tertiary/aromatic N) is 1. The highest BCUT2D eigenvalue weighted by molar-refractivity contribution is 5.83. The van der Waals surface area contributed by atoms with Crippen LogP contribution < -0.4 is 5.32 Å². The minimum absolute atomic E-state index is 0.133. The molecule has 15 heavy (non-hydrogen) atoms. The van der Waals surface area contributed by atoms with Gasteiger partial charge in [-0.15, -0.1) is 0 Å². The van der Waals surface area contributed by atoms with Crippen molar-refractivity contribution in [2.75, 3.05) is 19.7 Å². The van der Waals surface area contributed by atoms with Crippen LogP contribution in [0.3, 0.4) is 0 Å². The van der Waals surface area contributed by atoms with Crippen LogP contribution in [0.25, 0.3) is 0 Å². The summed E-state index contributed by atoms with van der Waals surface area (Å²) >= 11 is 0. The zero-order valence-corrected chi connectivity index (χ0v) is 9.19. The molecule has 0 aromatic carbocycles. The Kier molecular flexibility index (Phi) is 6.31. The van der Waals surface area contributed by atoms with Gasteiger partial charge < -0.3 is 10.2 Å². The van der Waals surface area contributed by atoms with Crippen LogP contribution in [0.1, 0.15) is 20.8 Å². The first-order valence-electron chi connectivity index (χ1n) is 4.77. The van der Waals surface area contributed by atoms with E-state index in [4.69, 9.17) is 4.84 Å². The Morgan fingerprint density at radius 2 is 2.00 bits per heavy atom. The van der Waals surface area contributed by atoms with E-state index in [9.17, 15) is 13.2 Å². The summed E-state index contributed by atoms with van der Waals surface area (Å²) in [4.78, 5) is 4.83. The lowest BCUT2D eigenvalue weighted by Crippen LogP contribution is -2.31. The van der Waals surface area contributed by atoms with Crippen LogP contribution in [0.4, 0.5) is 13.2 Å². The topological polar surface area (TPSA) is 33.6 Å². The van der Waals surface area contributed by atoms with Crippen molar-refractivity contribution in [3.63, 3.8) is 0 Å². The molecule has 0 aliphatic rings. The molecule has 6 heteroatoms. The molecule has 0 aromatic heterocycles. The summed E-state index contributed by atoms with van der Waals surface area (Å²) in [6, 6.07) is 0. The normalized spacial score (nSPS) is 13.4. The van der Waals surface area contributed by atoms with Crippen molar-refractivity contribution in [3.8, 4) is 0 Å². The lowest BCUT2D eigenvalue weighted by Gasteiger charge is -2.08. The van der Waals surface area contributed by atoms with Gasteiger partial charge >= 0.3 is 6.18 Å². The number of hydrogen-bond acceptors (Lipinski definition) is 3. The summed E-state index contributed by atoms with van der Waals surface area (Å²) in [5, 5.41) is 5.96. The van der Waals surface area contributed by atoms with Crippen LogP contribution in [0.15, 0.2) is 5.16 Å². The smallest absolute Gasteiger partial charge is 0.394 e. The summed E-state index contributed by atoms with van der Waals surface area (Å²) in [5.41, 5.74) is 0.825. The molecule has 0 spiro atoms. The third-order valence-electron chi connectivity index (χ3n) is 1.74. The Morgan fingerprint density at radius 3 is 2.47 bits per heavy atom. The third-order valence-corrected chi connectivity index (χ3v) is 1.74. The standard InChI is InChI=1S/C9H17F3N2O/c1-7(2)8(3)14-15-5-4-13-6-9(10,11)12/h7,13H,4-6H2,1-3H3/b14-8+. The molecule has 0 saturated heterocycles. The number of halogens is 3. The van der Waals surface area contributed by atoms with Gasteiger partial charge in [-0.2, -0.15) is 13.2 Å². The van der Waals surface area contributed by atoms with Crippen molar-refractivity contribution in [1.82, 2.24) is 5.32 Å². The van der Waals surface area contributed by atoms with Crippen molar-refractivity contribution in [3.05, 3.63) is 0 Å². The lowest BCUT2D eigenvalue weighted by molar-refractivity contribution is -0.125. The first-order chi connectivity index (χ1) is 6.83. The fourth-order valence-corrected chi connectivity index (χ4v) is 0.601. The van der Waals surface area contributed by atoms with Gasteiger partial charge in [-0.25, -0.2) is 0 Å². The van der Waals surface area contributed by atoms with E-state index in [0.717, 1.165) is 5.71 Å². The van der Waals surface area contributed by atoms with E-state index in [0.29, 0.717) is 0 Å². The summed E-state index contributed by atoms with van der Waals surface area (Å²) in [5.74, 6) is 0.285. The Morgan fingerprint density at radius 1 is 1.40 bits per heavy atom. The van der Waals surface area contributed by atoms with E-state index < -0.39 is 12.7 Å². The van der Waals surface area contributed by atoms with E-state index in [1.54, 1.807) is 0 Å². The zero-order valence-electron chi connectivity index (χ0n) is 9.19. The maximum absolute atomic E-state index is 11.7. The second kappa shape index (κ2) is 6.66. The van der Waals surface area contributed by atoms with Crippen molar-refractivity contribution >= 4 is 5.71 Å². The Balaban J connectivity index is 3.44. The zero-order chi connectivity index (χ0) is 11.9. The van der Waals surface area contributed by atoms with Gasteiger partial charge in [0.1, 0.15) is 6.61 Å². The van der Waals surface area contributed by atoms with Crippen LogP contribution >= 0.6 is 0 Å². The van der Waals surface area contributed by atoms with Gasteiger partial charge in [-0.3, -0.25) is 0 Å². The molecular formula is C9H17F3N2O. The fraction of sp³-hybridized carbons (Fsp3) is 0.889. The van der Waals surface area contributed by atoms with Crippen molar-refractivity contribution < 1.29 is 18.0 Å². The average molecular weight is 226 g/mol. The molecule has 90 valence electrons. The number of nitrogens with one attached hydrogen (secondary N) is 1. The minimum atomic E-state index is -4.17. The molecule has 0 amide bonds. The van der Waals surface area contributed by atoms with Crippen LogP contribution in [0.2, 0.25) is 0 Å². The molecule has 3 nitrogen and oxygen atoms in total. The van der Waals surface area contributed by atoms with Gasteiger partial charge in [-0.05, 0) is 12.8 Å². The Labute approximate surface area is 87.7 Å². The second-order valence-electron chi connectivity index (χ2n) is 3.51. The highest BCUT2D eigenvalue weighted by Gasteiger charge is 2.25. The van der Waals surface area contributed by atoms with Gasteiger partial charge in [0.05, 0.1) is 12.3 Å². The van der Waals surface area contributed by atoms with Crippen LogP contribution in [-0.2, 0) is 4.84 Å². The Bertz CT molecular complexity index is 202. The monoisotopic (exact) mass is 226 g/mol. The second-order valence-corrected chi connectivity index (χ2v) is 3.51. The number of alkyl halides is 3. The molecule has 0 atom stereocenters.